The Kier molecular flexibility index (Phi) is 4.54. The number of benzene rings is 1. The third kappa shape index (κ3) is 4.88. The van der Waals surface area contributed by atoms with Crippen molar-refractivity contribution < 1.29 is 17.9 Å². The molecule has 19 heavy (non-hydrogen) atoms. The molecular weight excluding hydrogens is 268 g/mol. The average Bonchev–Trinajstić information content (AvgIpc) is 2.27. The Labute approximate surface area is 113 Å². The highest BCUT2D eigenvalue weighted by Gasteiger charge is 2.21. The Morgan fingerprint density at radius 1 is 1.21 bits per heavy atom. The minimum atomic E-state index is -3.68. The van der Waals surface area contributed by atoms with Crippen LogP contribution in [0.5, 0.6) is 0 Å². The van der Waals surface area contributed by atoms with E-state index in [1.807, 2.05) is 0 Å². The average molecular weight is 286 g/mol. The van der Waals surface area contributed by atoms with Crippen LogP contribution in [0, 0.1) is 0 Å². The first-order valence-corrected chi connectivity index (χ1v) is 7.16. The molecule has 7 heteroatoms. The summed E-state index contributed by atoms with van der Waals surface area (Å²) in [6, 6.07) is 6.26. The second-order valence-corrected chi connectivity index (χ2v) is 6.48. The minimum absolute atomic E-state index is 0.163. The lowest BCUT2D eigenvalue weighted by molar-refractivity contribution is 0.00708. The smallest absolute Gasteiger partial charge is 0.340 e. The summed E-state index contributed by atoms with van der Waals surface area (Å²) < 4.78 is 32.5. The maximum Gasteiger partial charge on any atom is 0.340 e. The largest absolute Gasteiger partial charge is 0.456 e. The SMILES string of the molecule is CNS(=O)(=O)Nc1ccccc1C(=O)OC(C)(C)C. The first kappa shape index (κ1) is 15.5. The van der Waals surface area contributed by atoms with Crippen molar-refractivity contribution in [3.05, 3.63) is 29.8 Å². The van der Waals surface area contributed by atoms with Crippen LogP contribution < -0.4 is 9.44 Å². The lowest BCUT2D eigenvalue weighted by Gasteiger charge is -2.20. The number of anilines is 1. The molecule has 0 spiro atoms. The van der Waals surface area contributed by atoms with Crippen molar-refractivity contribution in [2.45, 2.75) is 26.4 Å². The summed E-state index contributed by atoms with van der Waals surface area (Å²) in [5.41, 5.74) is -0.311. The highest BCUT2D eigenvalue weighted by Crippen LogP contribution is 2.20. The van der Waals surface area contributed by atoms with Gasteiger partial charge in [-0.3, -0.25) is 4.72 Å². The molecule has 1 rings (SSSR count). The van der Waals surface area contributed by atoms with Gasteiger partial charge in [-0.05, 0) is 32.9 Å². The van der Waals surface area contributed by atoms with Crippen LogP contribution in [0.2, 0.25) is 0 Å². The van der Waals surface area contributed by atoms with Gasteiger partial charge in [-0.25, -0.2) is 9.52 Å². The second-order valence-electron chi connectivity index (χ2n) is 4.86. The molecule has 0 saturated carbocycles. The number of esters is 1. The van der Waals surface area contributed by atoms with Crippen molar-refractivity contribution in [3.63, 3.8) is 0 Å². The minimum Gasteiger partial charge on any atom is -0.456 e. The van der Waals surface area contributed by atoms with Crippen molar-refractivity contribution >= 4 is 21.9 Å². The van der Waals surface area contributed by atoms with Gasteiger partial charge in [0.25, 0.3) is 10.2 Å². The molecule has 0 amide bonds. The quantitative estimate of drug-likeness (QED) is 0.822. The van der Waals surface area contributed by atoms with Crippen LogP contribution in [-0.2, 0) is 14.9 Å². The topological polar surface area (TPSA) is 84.5 Å². The first-order valence-electron chi connectivity index (χ1n) is 5.68. The number of para-hydroxylation sites is 1. The van der Waals surface area contributed by atoms with Gasteiger partial charge in [0, 0.05) is 7.05 Å². The van der Waals surface area contributed by atoms with E-state index in [0.717, 1.165) is 0 Å². The number of rotatable bonds is 4. The van der Waals surface area contributed by atoms with E-state index in [0.29, 0.717) is 0 Å². The molecule has 1 aromatic rings. The summed E-state index contributed by atoms with van der Waals surface area (Å²) in [6.07, 6.45) is 0. The van der Waals surface area contributed by atoms with Gasteiger partial charge in [0.1, 0.15) is 5.60 Å². The second kappa shape index (κ2) is 5.58. The molecular formula is C12H18N2O4S. The van der Waals surface area contributed by atoms with Crippen molar-refractivity contribution in [3.8, 4) is 0 Å². The maximum absolute atomic E-state index is 12.0. The zero-order chi connectivity index (χ0) is 14.7. The summed E-state index contributed by atoms with van der Waals surface area (Å²) in [7, 11) is -2.40. The van der Waals surface area contributed by atoms with Gasteiger partial charge >= 0.3 is 5.97 Å². The van der Waals surface area contributed by atoms with Crippen molar-refractivity contribution in [2.75, 3.05) is 11.8 Å². The van der Waals surface area contributed by atoms with Crippen molar-refractivity contribution in [2.24, 2.45) is 0 Å². The Bertz CT molecular complexity index is 561. The number of carbonyl (C=O) groups excluding carboxylic acids is 1. The third-order valence-corrected chi connectivity index (χ3v) is 3.09. The summed E-state index contributed by atoms with van der Waals surface area (Å²) >= 11 is 0. The molecule has 0 radical (unpaired) electrons. The van der Waals surface area contributed by atoms with Gasteiger partial charge in [0.15, 0.2) is 0 Å². The number of carbonyl (C=O) groups is 1. The van der Waals surface area contributed by atoms with Gasteiger partial charge in [0.2, 0.25) is 0 Å². The summed E-state index contributed by atoms with van der Waals surface area (Å²) in [4.78, 5) is 12.0. The number of hydrogen-bond donors (Lipinski definition) is 2. The Morgan fingerprint density at radius 2 is 1.79 bits per heavy atom. The number of nitrogens with one attached hydrogen (secondary N) is 2. The van der Waals surface area contributed by atoms with E-state index in [9.17, 15) is 13.2 Å². The fraction of sp³-hybridized carbons (Fsp3) is 0.417. The predicted octanol–water partition coefficient (Wildman–Crippen LogP) is 1.52. The van der Waals surface area contributed by atoms with Crippen LogP contribution in [0.1, 0.15) is 31.1 Å². The van der Waals surface area contributed by atoms with Crippen LogP contribution in [-0.4, -0.2) is 27.0 Å². The zero-order valence-electron chi connectivity index (χ0n) is 11.4. The van der Waals surface area contributed by atoms with Crippen LogP contribution in [0.15, 0.2) is 24.3 Å². The van der Waals surface area contributed by atoms with Gasteiger partial charge in [0.05, 0.1) is 11.3 Å². The molecule has 0 aromatic heterocycles. The molecule has 0 atom stereocenters. The van der Waals surface area contributed by atoms with E-state index in [1.165, 1.54) is 19.2 Å². The van der Waals surface area contributed by atoms with E-state index in [-0.39, 0.29) is 11.3 Å². The molecule has 2 N–H and O–H groups in total. The van der Waals surface area contributed by atoms with E-state index < -0.39 is 21.8 Å². The van der Waals surface area contributed by atoms with E-state index in [2.05, 4.69) is 9.44 Å². The molecule has 0 aliphatic carbocycles. The summed E-state index contributed by atoms with van der Waals surface area (Å²) in [5.74, 6) is -0.582. The first-order chi connectivity index (χ1) is 8.64. The van der Waals surface area contributed by atoms with Crippen molar-refractivity contribution in [1.82, 2.24) is 4.72 Å². The Hall–Kier alpha value is -1.60. The molecule has 0 unspecified atom stereocenters. The number of ether oxygens (including phenoxy) is 1. The molecule has 0 bridgehead atoms. The highest BCUT2D eigenvalue weighted by atomic mass is 32.2. The molecule has 6 nitrogen and oxygen atoms in total. The molecule has 0 aliphatic heterocycles. The molecule has 0 saturated heterocycles. The van der Waals surface area contributed by atoms with Crippen LogP contribution in [0.25, 0.3) is 0 Å². The van der Waals surface area contributed by atoms with Crippen LogP contribution >= 0.6 is 0 Å². The maximum atomic E-state index is 12.0. The lowest BCUT2D eigenvalue weighted by atomic mass is 10.1. The highest BCUT2D eigenvalue weighted by molar-refractivity contribution is 7.90. The third-order valence-electron chi connectivity index (χ3n) is 2.06. The van der Waals surface area contributed by atoms with Gasteiger partial charge in [-0.15, -0.1) is 0 Å². The fourth-order valence-corrected chi connectivity index (χ4v) is 1.85. The molecule has 106 valence electrons. The summed E-state index contributed by atoms with van der Waals surface area (Å²) in [6.45, 7) is 5.22. The van der Waals surface area contributed by atoms with Crippen molar-refractivity contribution in [1.29, 1.82) is 0 Å². The zero-order valence-corrected chi connectivity index (χ0v) is 12.2. The normalized spacial score (nSPS) is 12.0. The standard InChI is InChI=1S/C12H18N2O4S/c1-12(2,3)18-11(15)9-7-5-6-8-10(9)14-19(16,17)13-4/h5-8,13-14H,1-4H3. The lowest BCUT2D eigenvalue weighted by Crippen LogP contribution is -2.28. The van der Waals surface area contributed by atoms with E-state index >= 15 is 0 Å². The Morgan fingerprint density at radius 3 is 2.32 bits per heavy atom. The molecule has 1 aromatic carbocycles. The fourth-order valence-electron chi connectivity index (χ4n) is 1.28. The van der Waals surface area contributed by atoms with Gasteiger partial charge in [-0.2, -0.15) is 8.42 Å². The number of hydrogen-bond acceptors (Lipinski definition) is 4. The Balaban J connectivity index is 3.06. The van der Waals surface area contributed by atoms with Gasteiger partial charge < -0.3 is 4.74 Å². The molecule has 0 fully saturated rings. The monoisotopic (exact) mass is 286 g/mol. The molecule has 0 aliphatic rings. The predicted molar refractivity (Wildman–Crippen MR) is 73.2 cm³/mol. The summed E-state index contributed by atoms with van der Waals surface area (Å²) in [5, 5.41) is 0. The van der Waals surface area contributed by atoms with Crippen LogP contribution in [0.4, 0.5) is 5.69 Å². The van der Waals surface area contributed by atoms with Gasteiger partial charge in [-0.1, -0.05) is 12.1 Å². The van der Waals surface area contributed by atoms with E-state index in [4.69, 9.17) is 4.74 Å². The molecule has 0 heterocycles. The van der Waals surface area contributed by atoms with Crippen LogP contribution in [0.3, 0.4) is 0 Å². The van der Waals surface area contributed by atoms with E-state index in [1.54, 1.807) is 32.9 Å².